The first-order chi connectivity index (χ1) is 23.9. The van der Waals surface area contributed by atoms with Crippen molar-refractivity contribution in [3.8, 4) is 23.3 Å². The van der Waals surface area contributed by atoms with E-state index in [-0.39, 0.29) is 60.5 Å². The molecule has 0 aromatic carbocycles. The van der Waals surface area contributed by atoms with Gasteiger partial charge in [0.2, 0.25) is 34.6 Å². The van der Waals surface area contributed by atoms with Gasteiger partial charge in [0.15, 0.2) is 9.54 Å². The van der Waals surface area contributed by atoms with Crippen LogP contribution in [0.15, 0.2) is 66.7 Å². The molecule has 0 saturated carbocycles. The normalized spacial score (nSPS) is 10.9. The zero-order valence-electron chi connectivity index (χ0n) is 28.7. The number of azo groups is 2. The number of hydrogen-bond donors (Lipinski definition) is 2. The van der Waals surface area contributed by atoms with Gasteiger partial charge in [-0.15, -0.1) is 0 Å². The molecule has 0 aliphatic heterocycles. The second-order valence-corrected chi connectivity index (χ2v) is 10.5. The molecule has 0 spiro atoms. The predicted molar refractivity (Wildman–Crippen MR) is 187 cm³/mol. The smallest absolute Gasteiger partial charge is 0.395 e. The van der Waals surface area contributed by atoms with Crippen LogP contribution in [0.1, 0.15) is 41.5 Å². The minimum atomic E-state index is -0.579. The van der Waals surface area contributed by atoms with Gasteiger partial charge >= 0.3 is 11.6 Å². The zero-order chi connectivity index (χ0) is 37.1. The van der Waals surface area contributed by atoms with E-state index < -0.39 is 22.9 Å². The van der Waals surface area contributed by atoms with Crippen molar-refractivity contribution in [1.29, 1.82) is 0 Å². The van der Waals surface area contributed by atoms with Crippen molar-refractivity contribution in [2.24, 2.45) is 20.5 Å². The number of rotatable bonds is 12. The average Bonchev–Trinajstić information content (AvgIpc) is 3.08. The summed E-state index contributed by atoms with van der Waals surface area (Å²) in [5, 5.41) is 59.7. The van der Waals surface area contributed by atoms with Gasteiger partial charge in [-0.3, -0.25) is 27.9 Å². The summed E-state index contributed by atoms with van der Waals surface area (Å²) in [5.41, 5.74) is -1.73. The van der Waals surface area contributed by atoms with E-state index in [0.717, 1.165) is 0 Å². The Morgan fingerprint density at radius 3 is 1.27 bits per heavy atom. The van der Waals surface area contributed by atoms with Gasteiger partial charge in [-0.05, 0) is 100 Å². The number of aromatic nitrogens is 6. The third-order valence-electron chi connectivity index (χ3n) is 6.90. The van der Waals surface area contributed by atoms with Crippen LogP contribution in [-0.4, -0.2) is 41.7 Å². The molecule has 4 rings (SSSR count). The van der Waals surface area contributed by atoms with Crippen molar-refractivity contribution < 1.29 is 45.6 Å². The largest absolute Gasteiger partial charge is 0.710 e. The molecule has 4 heterocycles. The summed E-state index contributed by atoms with van der Waals surface area (Å²) in [6, 6.07) is 6.15. The summed E-state index contributed by atoms with van der Waals surface area (Å²) < 4.78 is 17.3. The molecular weight excluding hydrogens is 751 g/mol. The van der Waals surface area contributed by atoms with Crippen molar-refractivity contribution in [3.05, 3.63) is 77.3 Å². The van der Waals surface area contributed by atoms with Gasteiger partial charge in [0.1, 0.15) is 0 Å². The van der Waals surface area contributed by atoms with E-state index in [1.807, 2.05) is 0 Å². The van der Waals surface area contributed by atoms with Crippen LogP contribution >= 0.6 is 24.4 Å². The second kappa shape index (κ2) is 19.4. The fourth-order valence-corrected chi connectivity index (χ4v) is 5.35. The molecule has 2 N–H and O–H groups in total. The van der Waals surface area contributed by atoms with E-state index in [9.17, 15) is 30.2 Å². The molecule has 0 aliphatic carbocycles. The van der Waals surface area contributed by atoms with Gasteiger partial charge in [-0.1, -0.05) is 0 Å². The standard InChI is InChI=1S/2C15H19N5O4S.Ni/c2*1-4-18-13(21)11(14(22)19(5-2)15(18)25)16-17-12-10(24-6-3)8-7-9-20(12)23;/h2*7-9,21H,4-6H2,1-3H3;. The van der Waals surface area contributed by atoms with E-state index in [2.05, 4.69) is 20.5 Å². The minimum absolute atomic E-state index is 0. The predicted octanol–water partition coefficient (Wildman–Crippen LogP) is 5.14. The van der Waals surface area contributed by atoms with Crippen molar-refractivity contribution >= 4 is 47.4 Å². The van der Waals surface area contributed by atoms with Gasteiger partial charge in [0.25, 0.3) is 11.1 Å². The quantitative estimate of drug-likeness (QED) is 0.0633. The number of aromatic hydroxyl groups is 2. The Morgan fingerprint density at radius 2 is 0.980 bits per heavy atom. The molecule has 0 bridgehead atoms. The van der Waals surface area contributed by atoms with Gasteiger partial charge in [-0.2, -0.15) is 0 Å². The van der Waals surface area contributed by atoms with Crippen molar-refractivity contribution in [2.45, 2.75) is 67.7 Å². The van der Waals surface area contributed by atoms with Crippen LogP contribution in [0.4, 0.5) is 23.0 Å². The molecule has 0 atom stereocenters. The second-order valence-electron chi connectivity index (χ2n) is 9.81. The summed E-state index contributed by atoms with van der Waals surface area (Å²) in [4.78, 5) is 25.0. The van der Waals surface area contributed by atoms with E-state index in [4.69, 9.17) is 33.9 Å². The zero-order valence-corrected chi connectivity index (χ0v) is 31.3. The molecule has 4 aromatic rings. The Labute approximate surface area is 312 Å². The van der Waals surface area contributed by atoms with Crippen LogP contribution < -0.4 is 30.1 Å². The first-order valence-electron chi connectivity index (χ1n) is 15.6. The molecule has 278 valence electrons. The average molecular weight is 790 g/mol. The Bertz CT molecular complexity index is 2000. The Hall–Kier alpha value is -5.01. The number of pyridine rings is 2. The van der Waals surface area contributed by atoms with Crippen LogP contribution in [-0.2, 0) is 42.7 Å². The Balaban J connectivity index is 0.000000347. The molecule has 18 nitrogen and oxygen atoms in total. The van der Waals surface area contributed by atoms with Crippen LogP contribution in [0.3, 0.4) is 0 Å². The molecule has 0 fully saturated rings. The fraction of sp³-hybridized carbons (Fsp3) is 0.400. The molecule has 0 unspecified atom stereocenters. The summed E-state index contributed by atoms with van der Waals surface area (Å²) in [7, 11) is 0. The summed E-state index contributed by atoms with van der Waals surface area (Å²) in [5.74, 6) is -0.562. The van der Waals surface area contributed by atoms with Gasteiger partial charge < -0.3 is 30.1 Å². The van der Waals surface area contributed by atoms with Crippen molar-refractivity contribution in [3.63, 3.8) is 0 Å². The topological polar surface area (TPSA) is 216 Å². The van der Waals surface area contributed by atoms with E-state index in [0.29, 0.717) is 48.9 Å². The first-order valence-corrected chi connectivity index (χ1v) is 16.4. The summed E-state index contributed by atoms with van der Waals surface area (Å²) in [6.45, 7) is 12.6. The Morgan fingerprint density at radius 1 is 0.647 bits per heavy atom. The molecule has 21 heteroatoms. The molecule has 51 heavy (non-hydrogen) atoms. The molecular formula is C30H38N10NiO8S2. The summed E-state index contributed by atoms with van der Waals surface area (Å²) in [6.07, 6.45) is 2.47. The SMILES string of the molecule is CCOc1ccc[n+]([O-])c1N=Nc1c(O)n(CC)c(=S)n(CC)c1=O.CCOc1ccc[n+]([O-])c1N=Nc1c(O)n(CC)c(=S)n(CC)c1=O.[Ni]. The third-order valence-corrected chi connectivity index (χ3v) is 7.79. The molecule has 0 amide bonds. The van der Waals surface area contributed by atoms with E-state index >= 15 is 0 Å². The van der Waals surface area contributed by atoms with E-state index in [1.54, 1.807) is 53.7 Å². The van der Waals surface area contributed by atoms with Gasteiger partial charge in [-0.25, -0.2) is 9.46 Å². The monoisotopic (exact) mass is 788 g/mol. The Kier molecular flexibility index (Phi) is 16.0. The van der Waals surface area contributed by atoms with Crippen LogP contribution in [0.25, 0.3) is 0 Å². The first kappa shape index (κ1) is 42.2. The third kappa shape index (κ3) is 9.22. The molecule has 0 radical (unpaired) electrons. The number of ether oxygens (including phenoxy) is 2. The van der Waals surface area contributed by atoms with Crippen LogP contribution in [0.5, 0.6) is 23.3 Å². The minimum Gasteiger partial charge on any atom is -0.710 e. The van der Waals surface area contributed by atoms with Crippen LogP contribution in [0, 0.1) is 20.0 Å². The maximum atomic E-state index is 12.5. The number of hydrogen-bond acceptors (Lipinski definition) is 14. The molecule has 4 aromatic heterocycles. The maximum Gasteiger partial charge on any atom is 0.395 e. The van der Waals surface area contributed by atoms with Gasteiger partial charge in [0.05, 0.1) is 35.8 Å². The summed E-state index contributed by atoms with van der Waals surface area (Å²) >= 11 is 10.4. The van der Waals surface area contributed by atoms with Crippen molar-refractivity contribution in [1.82, 2.24) is 18.3 Å². The van der Waals surface area contributed by atoms with Gasteiger partial charge in [0, 0.05) is 42.7 Å². The maximum absolute atomic E-state index is 12.5. The number of nitrogens with zero attached hydrogens (tertiary/aromatic N) is 10. The molecule has 0 aliphatic rings. The van der Waals surface area contributed by atoms with Crippen molar-refractivity contribution in [2.75, 3.05) is 13.2 Å². The fourth-order valence-electron chi connectivity index (χ4n) is 4.49. The van der Waals surface area contributed by atoms with Crippen LogP contribution in [0.2, 0.25) is 0 Å². The van der Waals surface area contributed by atoms with E-state index in [1.165, 1.54) is 42.8 Å². The molecule has 0 saturated heterocycles.